The number of pyridine rings is 1. The van der Waals surface area contributed by atoms with Gasteiger partial charge in [-0.15, -0.1) is 5.10 Å². The van der Waals surface area contributed by atoms with Crippen molar-refractivity contribution in [2.24, 2.45) is 0 Å². The van der Waals surface area contributed by atoms with E-state index in [9.17, 15) is 0 Å². The maximum Gasteiger partial charge on any atom is 0.0801 e. The average Bonchev–Trinajstić information content (AvgIpc) is 2.86. The highest BCUT2D eigenvalue weighted by atomic mass is 79.9. The smallest absolute Gasteiger partial charge is 0.0801 e. The molecule has 18 heavy (non-hydrogen) atoms. The molecule has 0 radical (unpaired) electrons. The Morgan fingerprint density at radius 2 is 2.28 bits per heavy atom. The van der Waals surface area contributed by atoms with Crippen LogP contribution in [0.25, 0.3) is 0 Å². The quantitative estimate of drug-likeness (QED) is 0.917. The van der Waals surface area contributed by atoms with Crippen molar-refractivity contribution < 1.29 is 0 Å². The summed E-state index contributed by atoms with van der Waals surface area (Å²) in [4.78, 5) is 5.62. The SMILES string of the molecule is CCc1nnsc1C(Cc1ccc(Br)cn1)NC. The third-order valence-electron chi connectivity index (χ3n) is 2.79. The molecule has 6 heteroatoms. The molecule has 1 unspecified atom stereocenters. The van der Waals surface area contributed by atoms with Crippen LogP contribution in [0.3, 0.4) is 0 Å². The highest BCUT2D eigenvalue weighted by Crippen LogP contribution is 2.24. The van der Waals surface area contributed by atoms with Crippen molar-refractivity contribution in [1.82, 2.24) is 19.9 Å². The molecule has 0 amide bonds. The summed E-state index contributed by atoms with van der Waals surface area (Å²) in [5.74, 6) is 0. The van der Waals surface area contributed by atoms with Crippen LogP contribution in [0, 0.1) is 0 Å². The van der Waals surface area contributed by atoms with Crippen molar-refractivity contribution in [3.8, 4) is 0 Å². The molecule has 0 saturated carbocycles. The van der Waals surface area contributed by atoms with Gasteiger partial charge < -0.3 is 5.32 Å². The Labute approximate surface area is 119 Å². The maximum atomic E-state index is 4.41. The Balaban J connectivity index is 2.17. The van der Waals surface area contributed by atoms with Gasteiger partial charge in [0.05, 0.1) is 16.6 Å². The summed E-state index contributed by atoms with van der Waals surface area (Å²) >= 11 is 4.86. The largest absolute Gasteiger partial charge is 0.312 e. The lowest BCUT2D eigenvalue weighted by Gasteiger charge is -2.14. The van der Waals surface area contributed by atoms with Crippen molar-refractivity contribution in [3.63, 3.8) is 0 Å². The Morgan fingerprint density at radius 3 is 2.89 bits per heavy atom. The molecule has 0 aliphatic rings. The summed E-state index contributed by atoms with van der Waals surface area (Å²) < 4.78 is 5.04. The van der Waals surface area contributed by atoms with E-state index in [-0.39, 0.29) is 6.04 Å². The lowest BCUT2D eigenvalue weighted by Crippen LogP contribution is -2.19. The number of rotatable bonds is 5. The van der Waals surface area contributed by atoms with E-state index in [1.165, 1.54) is 16.4 Å². The zero-order chi connectivity index (χ0) is 13.0. The van der Waals surface area contributed by atoms with E-state index in [4.69, 9.17) is 0 Å². The number of aryl methyl sites for hydroxylation is 1. The number of hydrogen-bond acceptors (Lipinski definition) is 5. The second kappa shape index (κ2) is 6.36. The van der Waals surface area contributed by atoms with Crippen LogP contribution in [0.4, 0.5) is 0 Å². The fourth-order valence-electron chi connectivity index (χ4n) is 1.79. The Hall–Kier alpha value is -0.850. The van der Waals surface area contributed by atoms with Crippen LogP contribution in [0.2, 0.25) is 0 Å². The van der Waals surface area contributed by atoms with Gasteiger partial charge in [-0.25, -0.2) is 0 Å². The molecular formula is C12H15BrN4S. The van der Waals surface area contributed by atoms with Crippen LogP contribution >= 0.6 is 27.5 Å². The van der Waals surface area contributed by atoms with Gasteiger partial charge >= 0.3 is 0 Å². The number of hydrogen-bond donors (Lipinski definition) is 1. The van der Waals surface area contributed by atoms with Crippen molar-refractivity contribution in [2.45, 2.75) is 25.8 Å². The first-order valence-electron chi connectivity index (χ1n) is 5.83. The zero-order valence-electron chi connectivity index (χ0n) is 10.4. The van der Waals surface area contributed by atoms with Crippen molar-refractivity contribution in [3.05, 3.63) is 39.1 Å². The molecule has 0 bridgehead atoms. The first kappa shape index (κ1) is 13.6. The van der Waals surface area contributed by atoms with Crippen LogP contribution < -0.4 is 5.32 Å². The zero-order valence-corrected chi connectivity index (χ0v) is 12.8. The molecule has 1 N–H and O–H groups in total. The molecule has 0 aliphatic carbocycles. The van der Waals surface area contributed by atoms with E-state index in [1.807, 2.05) is 25.4 Å². The minimum absolute atomic E-state index is 0.230. The lowest BCUT2D eigenvalue weighted by molar-refractivity contribution is 0.587. The van der Waals surface area contributed by atoms with Gasteiger partial charge in [0, 0.05) is 22.8 Å². The normalized spacial score (nSPS) is 12.6. The van der Waals surface area contributed by atoms with Crippen LogP contribution in [-0.2, 0) is 12.8 Å². The maximum absolute atomic E-state index is 4.41. The molecule has 0 fully saturated rings. The molecule has 0 spiro atoms. The van der Waals surface area contributed by atoms with E-state index in [1.54, 1.807) is 0 Å². The second-order valence-electron chi connectivity index (χ2n) is 3.95. The number of aromatic nitrogens is 3. The van der Waals surface area contributed by atoms with Gasteiger partial charge in [-0.2, -0.15) is 0 Å². The topological polar surface area (TPSA) is 50.7 Å². The summed E-state index contributed by atoms with van der Waals surface area (Å²) in [6, 6.07) is 4.28. The van der Waals surface area contributed by atoms with E-state index in [2.05, 4.69) is 42.7 Å². The van der Waals surface area contributed by atoms with E-state index < -0.39 is 0 Å². The van der Waals surface area contributed by atoms with Gasteiger partial charge in [0.2, 0.25) is 0 Å². The summed E-state index contributed by atoms with van der Waals surface area (Å²) in [7, 11) is 1.96. The molecule has 2 aromatic rings. The van der Waals surface area contributed by atoms with Crippen LogP contribution in [0.5, 0.6) is 0 Å². The fourth-order valence-corrected chi connectivity index (χ4v) is 2.87. The molecular weight excluding hydrogens is 312 g/mol. The minimum Gasteiger partial charge on any atom is -0.312 e. The average molecular weight is 327 g/mol. The molecule has 4 nitrogen and oxygen atoms in total. The van der Waals surface area contributed by atoms with Gasteiger partial charge in [0.15, 0.2) is 0 Å². The van der Waals surface area contributed by atoms with Crippen molar-refractivity contribution in [2.75, 3.05) is 7.05 Å². The van der Waals surface area contributed by atoms with E-state index >= 15 is 0 Å². The number of likely N-dealkylation sites (N-methyl/N-ethyl adjacent to an activating group) is 1. The van der Waals surface area contributed by atoms with Gasteiger partial charge in [-0.3, -0.25) is 4.98 Å². The number of nitrogens with zero attached hydrogens (tertiary/aromatic N) is 3. The first-order chi connectivity index (χ1) is 8.74. The van der Waals surface area contributed by atoms with Crippen LogP contribution in [0.1, 0.15) is 29.2 Å². The minimum atomic E-state index is 0.230. The third-order valence-corrected chi connectivity index (χ3v) is 4.14. The standard InChI is InChI=1S/C12H15BrN4S/c1-3-10-12(18-17-16-10)11(14-2)6-9-5-4-8(13)7-15-9/h4-5,7,11,14H,3,6H2,1-2H3. The number of halogens is 1. The van der Waals surface area contributed by atoms with Gasteiger partial charge in [-0.05, 0) is 53.1 Å². The monoisotopic (exact) mass is 326 g/mol. The summed E-state index contributed by atoms with van der Waals surface area (Å²) in [5, 5.41) is 7.48. The molecule has 0 aromatic carbocycles. The molecule has 2 aromatic heterocycles. The first-order valence-corrected chi connectivity index (χ1v) is 7.40. The Bertz CT molecular complexity index is 497. The summed E-state index contributed by atoms with van der Waals surface area (Å²) in [5.41, 5.74) is 2.14. The van der Waals surface area contributed by atoms with Crippen LogP contribution in [-0.4, -0.2) is 21.6 Å². The molecule has 1 atom stereocenters. The van der Waals surface area contributed by atoms with E-state index in [0.717, 1.165) is 28.7 Å². The highest BCUT2D eigenvalue weighted by molar-refractivity contribution is 9.10. The number of nitrogens with one attached hydrogen (secondary N) is 1. The molecule has 0 saturated heterocycles. The van der Waals surface area contributed by atoms with Crippen molar-refractivity contribution >= 4 is 27.5 Å². The summed E-state index contributed by atoms with van der Waals surface area (Å²) in [6.07, 6.45) is 3.59. The van der Waals surface area contributed by atoms with Gasteiger partial charge in [-0.1, -0.05) is 11.4 Å². The van der Waals surface area contributed by atoms with E-state index in [0.29, 0.717) is 0 Å². The van der Waals surface area contributed by atoms with Gasteiger partial charge in [0.25, 0.3) is 0 Å². The Kier molecular flexibility index (Phi) is 4.79. The summed E-state index contributed by atoms with van der Waals surface area (Å²) in [6.45, 7) is 2.10. The lowest BCUT2D eigenvalue weighted by atomic mass is 10.1. The Morgan fingerprint density at radius 1 is 1.44 bits per heavy atom. The fraction of sp³-hybridized carbons (Fsp3) is 0.417. The molecule has 96 valence electrons. The molecule has 0 aliphatic heterocycles. The predicted octanol–water partition coefficient (Wildman–Crippen LogP) is 2.76. The molecule has 2 heterocycles. The second-order valence-corrected chi connectivity index (χ2v) is 5.65. The third kappa shape index (κ3) is 3.13. The van der Waals surface area contributed by atoms with Crippen molar-refractivity contribution in [1.29, 1.82) is 0 Å². The highest BCUT2D eigenvalue weighted by Gasteiger charge is 2.17. The van der Waals surface area contributed by atoms with Crippen LogP contribution in [0.15, 0.2) is 22.8 Å². The predicted molar refractivity (Wildman–Crippen MR) is 76.7 cm³/mol. The molecule has 2 rings (SSSR count). The van der Waals surface area contributed by atoms with Gasteiger partial charge in [0.1, 0.15) is 0 Å².